The molecular formula is C21H31N5O4. The number of imidazole rings is 1. The normalized spacial score (nSPS) is 17.4. The molecule has 0 aromatic carbocycles. The molecule has 3 rings (SSSR count). The number of likely N-dealkylation sites (tertiary alicyclic amines) is 1. The lowest BCUT2D eigenvalue weighted by atomic mass is 9.99. The number of unbranched alkanes of at least 4 members (excludes halogenated alkanes) is 1. The van der Waals surface area contributed by atoms with Gasteiger partial charge in [-0.15, -0.1) is 0 Å². The first kappa shape index (κ1) is 22.2. The van der Waals surface area contributed by atoms with Crippen molar-refractivity contribution in [2.45, 2.75) is 51.6 Å². The summed E-state index contributed by atoms with van der Waals surface area (Å²) in [6.45, 7) is 3.87. The summed E-state index contributed by atoms with van der Waals surface area (Å²) in [7, 11) is 1.66. The molecule has 2 aromatic rings. The summed E-state index contributed by atoms with van der Waals surface area (Å²) < 4.78 is 7.37. The molecule has 1 fully saturated rings. The van der Waals surface area contributed by atoms with Crippen molar-refractivity contribution in [1.29, 1.82) is 0 Å². The van der Waals surface area contributed by atoms with Crippen LogP contribution in [0.5, 0.6) is 0 Å². The summed E-state index contributed by atoms with van der Waals surface area (Å²) in [6, 6.07) is 1.73. The second-order valence-corrected chi connectivity index (χ2v) is 7.74. The molecule has 3 heterocycles. The van der Waals surface area contributed by atoms with Crippen molar-refractivity contribution in [3.8, 4) is 0 Å². The van der Waals surface area contributed by atoms with E-state index in [9.17, 15) is 14.8 Å². The molecule has 1 saturated heterocycles. The highest BCUT2D eigenvalue weighted by Gasteiger charge is 2.37. The lowest BCUT2D eigenvalue weighted by molar-refractivity contribution is -0.157. The van der Waals surface area contributed by atoms with E-state index in [0.29, 0.717) is 37.6 Å². The number of ether oxygens (including phenoxy) is 1. The molecule has 0 saturated carbocycles. The van der Waals surface area contributed by atoms with E-state index in [2.05, 4.69) is 16.5 Å². The molecule has 2 amide bonds. The van der Waals surface area contributed by atoms with Crippen molar-refractivity contribution in [2.24, 2.45) is 5.92 Å². The topological polar surface area (TPSA) is 101 Å². The lowest BCUT2D eigenvalue weighted by Crippen LogP contribution is -2.41. The van der Waals surface area contributed by atoms with Crippen LogP contribution in [0.25, 0.3) is 11.0 Å². The molecule has 9 heteroatoms. The summed E-state index contributed by atoms with van der Waals surface area (Å²) >= 11 is 0. The van der Waals surface area contributed by atoms with Crippen LogP contribution >= 0.6 is 0 Å². The highest BCUT2D eigenvalue weighted by atomic mass is 16.5. The average molecular weight is 418 g/mol. The Morgan fingerprint density at radius 2 is 2.33 bits per heavy atom. The van der Waals surface area contributed by atoms with Crippen molar-refractivity contribution in [3.63, 3.8) is 0 Å². The van der Waals surface area contributed by atoms with Crippen LogP contribution in [0.2, 0.25) is 0 Å². The molecule has 0 aliphatic carbocycles. The summed E-state index contributed by atoms with van der Waals surface area (Å²) in [5, 5.41) is 10.3. The van der Waals surface area contributed by atoms with E-state index >= 15 is 0 Å². The summed E-state index contributed by atoms with van der Waals surface area (Å²) in [5.41, 5.74) is 1.77. The zero-order chi connectivity index (χ0) is 21.5. The van der Waals surface area contributed by atoms with Crippen LogP contribution in [-0.2, 0) is 20.9 Å². The second-order valence-electron chi connectivity index (χ2n) is 7.74. The van der Waals surface area contributed by atoms with Gasteiger partial charge in [-0.05, 0) is 25.3 Å². The quantitative estimate of drug-likeness (QED) is 0.342. The molecule has 1 aliphatic heterocycles. The van der Waals surface area contributed by atoms with Crippen LogP contribution in [0.3, 0.4) is 0 Å². The molecule has 1 aliphatic rings. The van der Waals surface area contributed by atoms with E-state index in [-0.39, 0.29) is 18.5 Å². The number of hydrogen-bond acceptors (Lipinski definition) is 6. The van der Waals surface area contributed by atoms with Crippen molar-refractivity contribution < 1.29 is 19.5 Å². The van der Waals surface area contributed by atoms with Crippen molar-refractivity contribution in [2.75, 3.05) is 26.8 Å². The largest absolute Gasteiger partial charge is 0.383 e. The van der Waals surface area contributed by atoms with Crippen molar-refractivity contribution >= 4 is 23.4 Å². The van der Waals surface area contributed by atoms with Gasteiger partial charge in [0, 0.05) is 26.4 Å². The van der Waals surface area contributed by atoms with Gasteiger partial charge in [-0.1, -0.05) is 19.8 Å². The third-order valence-electron chi connectivity index (χ3n) is 5.72. The molecule has 0 spiro atoms. The number of hydroxylamine groups is 2. The average Bonchev–Trinajstić information content (AvgIpc) is 3.38. The van der Waals surface area contributed by atoms with Gasteiger partial charge in [-0.3, -0.25) is 19.8 Å². The Labute approximate surface area is 176 Å². The van der Waals surface area contributed by atoms with Gasteiger partial charge in [0.1, 0.15) is 5.82 Å². The smallest absolute Gasteiger partial charge is 0.233 e. The summed E-state index contributed by atoms with van der Waals surface area (Å²) in [5.74, 6) is 0.376. The fraction of sp³-hybridized carbons (Fsp3) is 0.619. The predicted octanol–water partition coefficient (Wildman–Crippen LogP) is 2.40. The number of nitrogens with zero attached hydrogens (tertiary/aromatic N) is 5. The number of carbonyl (C=O) groups excluding carboxylic acids is 2. The summed E-state index contributed by atoms with van der Waals surface area (Å²) in [4.78, 5) is 35.3. The molecule has 9 nitrogen and oxygen atoms in total. The van der Waals surface area contributed by atoms with Crippen LogP contribution < -0.4 is 0 Å². The van der Waals surface area contributed by atoms with E-state index in [1.807, 2.05) is 11.0 Å². The molecule has 0 radical (unpaired) electrons. The number of pyridine rings is 1. The molecular weight excluding hydrogens is 386 g/mol. The van der Waals surface area contributed by atoms with Gasteiger partial charge in [0.2, 0.25) is 12.3 Å². The minimum Gasteiger partial charge on any atom is -0.383 e. The Bertz CT molecular complexity index is 855. The highest BCUT2D eigenvalue weighted by Crippen LogP contribution is 2.35. The zero-order valence-corrected chi connectivity index (χ0v) is 17.7. The van der Waals surface area contributed by atoms with E-state index in [1.165, 1.54) is 0 Å². The molecule has 2 aromatic heterocycles. The lowest BCUT2D eigenvalue weighted by Gasteiger charge is -2.30. The molecule has 30 heavy (non-hydrogen) atoms. The third kappa shape index (κ3) is 4.79. The molecule has 2 atom stereocenters. The number of aromatic nitrogens is 3. The molecule has 0 unspecified atom stereocenters. The fourth-order valence-corrected chi connectivity index (χ4v) is 4.21. The Hall–Kier alpha value is -2.52. The van der Waals surface area contributed by atoms with Crippen LogP contribution in [0.4, 0.5) is 0 Å². The van der Waals surface area contributed by atoms with E-state index in [4.69, 9.17) is 9.72 Å². The number of carbonyl (C=O) groups is 2. The van der Waals surface area contributed by atoms with Gasteiger partial charge < -0.3 is 14.2 Å². The second kappa shape index (κ2) is 10.5. The first-order valence-electron chi connectivity index (χ1n) is 10.6. The highest BCUT2D eigenvalue weighted by molar-refractivity contribution is 5.80. The first-order valence-corrected chi connectivity index (χ1v) is 10.6. The third-order valence-corrected chi connectivity index (χ3v) is 5.72. The van der Waals surface area contributed by atoms with Gasteiger partial charge in [-0.25, -0.2) is 10.0 Å². The Morgan fingerprint density at radius 3 is 3.07 bits per heavy atom. The zero-order valence-electron chi connectivity index (χ0n) is 17.7. The van der Waals surface area contributed by atoms with Gasteiger partial charge >= 0.3 is 0 Å². The maximum atomic E-state index is 13.4. The number of methoxy groups -OCH3 is 1. The number of amides is 2. The van der Waals surface area contributed by atoms with Crippen LogP contribution in [0.1, 0.15) is 50.9 Å². The Morgan fingerprint density at radius 1 is 1.50 bits per heavy atom. The van der Waals surface area contributed by atoms with Gasteiger partial charge in [0.15, 0.2) is 0 Å². The van der Waals surface area contributed by atoms with Crippen LogP contribution in [-0.4, -0.2) is 68.8 Å². The van der Waals surface area contributed by atoms with E-state index < -0.39 is 5.92 Å². The minimum absolute atomic E-state index is 0.00949. The standard InChI is InChI=1S/C21H31N5O4/c1-3-4-6-16(14-24(29)15-27)21(28)26-10-5-7-18(26)20-23-17-8-9-22-13-19(17)25(20)11-12-30-2/h8-9,13,15-16,18,29H,3-7,10-12,14H2,1-2H3/t16-,18-/m1/s1. The van der Waals surface area contributed by atoms with E-state index in [1.54, 1.807) is 19.5 Å². The Balaban J connectivity index is 1.90. The number of fused-ring (bicyclic) bond motifs is 1. The fourth-order valence-electron chi connectivity index (χ4n) is 4.21. The monoisotopic (exact) mass is 417 g/mol. The molecule has 164 valence electrons. The van der Waals surface area contributed by atoms with E-state index in [0.717, 1.165) is 42.5 Å². The predicted molar refractivity (Wildman–Crippen MR) is 111 cm³/mol. The van der Waals surface area contributed by atoms with Gasteiger partial charge in [0.05, 0.1) is 42.3 Å². The first-order chi connectivity index (χ1) is 14.6. The van der Waals surface area contributed by atoms with Gasteiger partial charge in [-0.2, -0.15) is 0 Å². The minimum atomic E-state index is -0.431. The van der Waals surface area contributed by atoms with Crippen molar-refractivity contribution in [3.05, 3.63) is 24.3 Å². The maximum Gasteiger partial charge on any atom is 0.233 e. The molecule has 0 bridgehead atoms. The number of rotatable bonds is 11. The molecule has 1 N–H and O–H groups in total. The summed E-state index contributed by atoms with van der Waals surface area (Å²) in [6.07, 6.45) is 8.01. The van der Waals surface area contributed by atoms with Crippen LogP contribution in [0, 0.1) is 5.92 Å². The Kier molecular flexibility index (Phi) is 7.75. The van der Waals surface area contributed by atoms with Crippen molar-refractivity contribution in [1.82, 2.24) is 24.5 Å². The number of hydrogen-bond donors (Lipinski definition) is 1. The van der Waals surface area contributed by atoms with Gasteiger partial charge in [0.25, 0.3) is 0 Å². The van der Waals surface area contributed by atoms with Crippen LogP contribution in [0.15, 0.2) is 18.5 Å². The maximum absolute atomic E-state index is 13.4. The SMILES string of the molecule is CCCC[C@H](CN(O)C=O)C(=O)N1CCC[C@@H]1c1nc2ccncc2n1CCOC.